The quantitative estimate of drug-likeness (QED) is 0.785. The number of benzene rings is 1. The summed E-state index contributed by atoms with van der Waals surface area (Å²) in [6, 6.07) is 3.69. The summed E-state index contributed by atoms with van der Waals surface area (Å²) in [4.78, 5) is 2.29. The highest BCUT2D eigenvalue weighted by molar-refractivity contribution is 9.10. The van der Waals surface area contributed by atoms with Crippen molar-refractivity contribution in [1.82, 2.24) is 4.90 Å². The molecule has 4 nitrogen and oxygen atoms in total. The molecule has 0 aliphatic rings. The van der Waals surface area contributed by atoms with Crippen molar-refractivity contribution in [2.75, 3.05) is 33.9 Å². The highest BCUT2D eigenvalue weighted by Crippen LogP contribution is 2.40. The van der Waals surface area contributed by atoms with E-state index in [9.17, 15) is 5.11 Å². The average Bonchev–Trinajstić information content (AvgIpc) is 2.47. The van der Waals surface area contributed by atoms with Gasteiger partial charge in [-0.15, -0.1) is 0 Å². The smallest absolute Gasteiger partial charge is 0.142 e. The van der Waals surface area contributed by atoms with E-state index in [1.165, 1.54) is 0 Å². The normalized spacial score (nSPS) is 12.6. The first kappa shape index (κ1) is 17.3. The maximum absolute atomic E-state index is 10.4. The molecule has 0 bridgehead atoms. The summed E-state index contributed by atoms with van der Waals surface area (Å²) in [6.45, 7) is 7.10. The molecule has 0 saturated carbocycles. The van der Waals surface area contributed by atoms with Gasteiger partial charge in [0.2, 0.25) is 0 Å². The van der Waals surface area contributed by atoms with Crippen LogP contribution in [0.4, 0.5) is 0 Å². The lowest BCUT2D eigenvalue weighted by Gasteiger charge is -2.22. The van der Waals surface area contributed by atoms with E-state index in [0.717, 1.165) is 29.7 Å². The zero-order valence-corrected chi connectivity index (χ0v) is 14.2. The van der Waals surface area contributed by atoms with Crippen LogP contribution in [0, 0.1) is 0 Å². The van der Waals surface area contributed by atoms with Gasteiger partial charge in [-0.1, -0.05) is 13.8 Å². The Hall–Kier alpha value is -0.780. The molecule has 5 heteroatoms. The van der Waals surface area contributed by atoms with Crippen LogP contribution in [-0.2, 0) is 0 Å². The number of methoxy groups -OCH3 is 2. The molecule has 0 saturated heterocycles. The van der Waals surface area contributed by atoms with Crippen molar-refractivity contribution >= 4 is 15.9 Å². The second kappa shape index (κ2) is 8.49. The molecule has 0 aliphatic heterocycles. The van der Waals surface area contributed by atoms with Crippen molar-refractivity contribution in [3.05, 3.63) is 22.2 Å². The van der Waals surface area contributed by atoms with Gasteiger partial charge in [-0.25, -0.2) is 0 Å². The Morgan fingerprint density at radius 2 is 1.85 bits per heavy atom. The largest absolute Gasteiger partial charge is 0.495 e. The van der Waals surface area contributed by atoms with Crippen LogP contribution >= 0.6 is 15.9 Å². The molecular formula is C15H24BrNO3. The van der Waals surface area contributed by atoms with Gasteiger partial charge < -0.3 is 19.5 Å². The molecule has 1 unspecified atom stereocenters. The molecule has 0 fully saturated rings. The van der Waals surface area contributed by atoms with Crippen molar-refractivity contribution in [3.63, 3.8) is 0 Å². The molecule has 0 aliphatic carbocycles. The topological polar surface area (TPSA) is 41.9 Å². The van der Waals surface area contributed by atoms with E-state index in [-0.39, 0.29) is 0 Å². The Labute approximate surface area is 129 Å². The van der Waals surface area contributed by atoms with Crippen molar-refractivity contribution in [3.8, 4) is 11.5 Å². The molecule has 0 aromatic heterocycles. The molecule has 114 valence electrons. The Bertz CT molecular complexity index is 422. The van der Waals surface area contributed by atoms with Gasteiger partial charge in [0.1, 0.15) is 16.0 Å². The number of aliphatic hydroxyl groups excluding tert-OH is 1. The molecule has 20 heavy (non-hydrogen) atoms. The van der Waals surface area contributed by atoms with Gasteiger partial charge in [-0.2, -0.15) is 0 Å². The zero-order valence-electron chi connectivity index (χ0n) is 12.6. The molecule has 0 heterocycles. The van der Waals surface area contributed by atoms with E-state index in [2.05, 4.69) is 34.7 Å². The number of aliphatic hydroxyl groups is 1. The summed E-state index contributed by atoms with van der Waals surface area (Å²) < 4.78 is 11.4. The first-order valence-electron chi connectivity index (χ1n) is 6.89. The van der Waals surface area contributed by atoms with Crippen molar-refractivity contribution < 1.29 is 14.6 Å². The van der Waals surface area contributed by atoms with Gasteiger partial charge in [-0.3, -0.25) is 0 Å². The van der Waals surface area contributed by atoms with E-state index < -0.39 is 6.10 Å². The van der Waals surface area contributed by atoms with E-state index in [1.54, 1.807) is 14.2 Å². The number of halogens is 1. The molecule has 1 aromatic carbocycles. The lowest BCUT2D eigenvalue weighted by molar-refractivity contribution is 0.142. The van der Waals surface area contributed by atoms with Crippen LogP contribution < -0.4 is 9.47 Å². The molecule has 1 atom stereocenters. The zero-order chi connectivity index (χ0) is 15.1. The first-order valence-corrected chi connectivity index (χ1v) is 7.69. The summed E-state index contributed by atoms with van der Waals surface area (Å²) in [5, 5.41) is 10.4. The van der Waals surface area contributed by atoms with Crippen LogP contribution in [0.3, 0.4) is 0 Å². The maximum atomic E-state index is 10.4. The molecule has 1 N–H and O–H groups in total. The number of hydrogen-bond acceptors (Lipinski definition) is 4. The van der Waals surface area contributed by atoms with E-state index in [0.29, 0.717) is 17.9 Å². The van der Waals surface area contributed by atoms with Crippen LogP contribution in [0.15, 0.2) is 16.6 Å². The Morgan fingerprint density at radius 3 is 2.35 bits per heavy atom. The average molecular weight is 346 g/mol. The molecule has 1 rings (SSSR count). The third-order valence-corrected chi connectivity index (χ3v) is 4.24. The van der Waals surface area contributed by atoms with Gasteiger partial charge in [0.25, 0.3) is 0 Å². The Kier molecular flexibility index (Phi) is 7.34. The van der Waals surface area contributed by atoms with E-state index >= 15 is 0 Å². The second-order valence-electron chi connectivity index (χ2n) is 4.54. The molecule has 0 radical (unpaired) electrons. The maximum Gasteiger partial charge on any atom is 0.142 e. The lowest BCUT2D eigenvalue weighted by Crippen LogP contribution is -2.25. The molecule has 0 amide bonds. The second-order valence-corrected chi connectivity index (χ2v) is 5.33. The fraction of sp³-hybridized carbons (Fsp3) is 0.600. The number of rotatable bonds is 8. The number of hydrogen-bond donors (Lipinski definition) is 1. The SMILES string of the molecule is CCN(CC)CCC(O)c1ccc(OC)c(Br)c1OC. The first-order chi connectivity index (χ1) is 9.58. The molecular weight excluding hydrogens is 322 g/mol. The van der Waals surface area contributed by atoms with Crippen LogP contribution in [0.1, 0.15) is 31.9 Å². The van der Waals surface area contributed by atoms with E-state index in [4.69, 9.17) is 9.47 Å². The summed E-state index contributed by atoms with van der Waals surface area (Å²) in [6.07, 6.45) is 0.129. The van der Waals surface area contributed by atoms with Gasteiger partial charge in [-0.05, 0) is 47.6 Å². The minimum atomic E-state index is -0.548. The Balaban J connectivity index is 2.87. The lowest BCUT2D eigenvalue weighted by atomic mass is 10.0. The van der Waals surface area contributed by atoms with Crippen LogP contribution in [0.5, 0.6) is 11.5 Å². The highest BCUT2D eigenvalue weighted by Gasteiger charge is 2.19. The van der Waals surface area contributed by atoms with Crippen LogP contribution in [-0.4, -0.2) is 43.9 Å². The highest BCUT2D eigenvalue weighted by atomic mass is 79.9. The third kappa shape index (κ3) is 4.11. The summed E-state index contributed by atoms with van der Waals surface area (Å²) >= 11 is 3.46. The summed E-state index contributed by atoms with van der Waals surface area (Å²) in [5.41, 5.74) is 0.785. The Morgan fingerprint density at radius 1 is 1.20 bits per heavy atom. The molecule has 0 spiro atoms. The number of ether oxygens (including phenoxy) is 2. The van der Waals surface area contributed by atoms with Gasteiger partial charge in [0.05, 0.1) is 20.3 Å². The third-order valence-electron chi connectivity index (χ3n) is 3.49. The van der Waals surface area contributed by atoms with Crippen LogP contribution in [0.2, 0.25) is 0 Å². The minimum absolute atomic E-state index is 0.548. The standard InChI is InChI=1S/C15H24BrNO3/c1-5-17(6-2)10-9-12(18)11-7-8-13(19-3)14(16)15(11)20-4/h7-8,12,18H,5-6,9-10H2,1-4H3. The predicted molar refractivity (Wildman–Crippen MR) is 84.6 cm³/mol. The predicted octanol–water partition coefficient (Wildman–Crippen LogP) is 3.23. The van der Waals surface area contributed by atoms with Crippen molar-refractivity contribution in [2.24, 2.45) is 0 Å². The molecule has 1 aromatic rings. The van der Waals surface area contributed by atoms with Crippen molar-refractivity contribution in [2.45, 2.75) is 26.4 Å². The van der Waals surface area contributed by atoms with Crippen LogP contribution in [0.25, 0.3) is 0 Å². The van der Waals surface area contributed by atoms with Crippen molar-refractivity contribution in [1.29, 1.82) is 0 Å². The fourth-order valence-corrected chi connectivity index (χ4v) is 2.87. The summed E-state index contributed by atoms with van der Waals surface area (Å²) in [5.74, 6) is 1.33. The minimum Gasteiger partial charge on any atom is -0.495 e. The van der Waals surface area contributed by atoms with Gasteiger partial charge in [0, 0.05) is 12.1 Å². The van der Waals surface area contributed by atoms with Gasteiger partial charge in [0.15, 0.2) is 0 Å². The fourth-order valence-electron chi connectivity index (χ4n) is 2.18. The number of nitrogens with zero attached hydrogens (tertiary/aromatic N) is 1. The summed E-state index contributed by atoms with van der Waals surface area (Å²) in [7, 11) is 3.20. The van der Waals surface area contributed by atoms with Gasteiger partial charge >= 0.3 is 0 Å². The monoisotopic (exact) mass is 345 g/mol. The van der Waals surface area contributed by atoms with E-state index in [1.807, 2.05) is 12.1 Å².